The highest BCUT2D eigenvalue weighted by Crippen LogP contribution is 2.35. The number of methoxy groups -OCH3 is 1. The molecule has 0 aliphatic heterocycles. The number of carbonyl (C=O) groups is 1. The number of rotatable bonds is 16. The maximum atomic E-state index is 13.5. The first-order valence-electron chi connectivity index (χ1n) is 11.1. The van der Waals surface area contributed by atoms with Crippen molar-refractivity contribution in [3.63, 3.8) is 0 Å². The van der Waals surface area contributed by atoms with E-state index in [-0.39, 0.29) is 24.7 Å². The van der Waals surface area contributed by atoms with Crippen LogP contribution in [0.15, 0.2) is 36.7 Å². The zero-order chi connectivity index (χ0) is 25.8. The molecule has 0 fully saturated rings. The molecule has 0 aliphatic rings. The van der Waals surface area contributed by atoms with Gasteiger partial charge in [-0.15, -0.1) is 0 Å². The lowest BCUT2D eigenvalue weighted by atomic mass is 10.2. The smallest absolute Gasteiger partial charge is 0.305 e. The number of anilines is 2. The third-order valence-corrected chi connectivity index (χ3v) is 5.08. The zero-order valence-electron chi connectivity index (χ0n) is 19.7. The van der Waals surface area contributed by atoms with E-state index in [2.05, 4.69) is 15.3 Å². The molecule has 2 N–H and O–H groups in total. The Morgan fingerprint density at radius 2 is 1.67 bits per heavy atom. The van der Waals surface area contributed by atoms with E-state index in [0.717, 1.165) is 0 Å². The third kappa shape index (κ3) is 8.45. The van der Waals surface area contributed by atoms with Gasteiger partial charge in [0.2, 0.25) is 0 Å². The SMILES string of the molecule is COc1cc2ncnc(Nc3ccc(F)c(Cl)c3)c2cc1OCCOCCOCCOCCC(=O)O. The summed E-state index contributed by atoms with van der Waals surface area (Å²) >= 11 is 5.88. The van der Waals surface area contributed by atoms with Crippen LogP contribution in [0.1, 0.15) is 6.42 Å². The number of nitrogens with one attached hydrogen (secondary N) is 1. The summed E-state index contributed by atoms with van der Waals surface area (Å²) < 4.78 is 40.8. The molecule has 36 heavy (non-hydrogen) atoms. The molecule has 0 spiro atoms. The second kappa shape index (κ2) is 14.3. The Kier molecular flexibility index (Phi) is 10.9. The highest BCUT2D eigenvalue weighted by molar-refractivity contribution is 6.31. The van der Waals surface area contributed by atoms with Crippen LogP contribution in [0.25, 0.3) is 10.9 Å². The molecule has 0 saturated heterocycles. The molecular weight excluding hydrogens is 497 g/mol. The fourth-order valence-electron chi connectivity index (χ4n) is 3.06. The molecule has 194 valence electrons. The number of halogens is 2. The number of aliphatic carboxylic acids is 1. The van der Waals surface area contributed by atoms with Gasteiger partial charge in [0.05, 0.1) is 63.7 Å². The van der Waals surface area contributed by atoms with Crippen molar-refractivity contribution in [3.8, 4) is 11.5 Å². The summed E-state index contributed by atoms with van der Waals surface area (Å²) in [6.45, 7) is 2.18. The van der Waals surface area contributed by atoms with Gasteiger partial charge in [-0.1, -0.05) is 11.6 Å². The second-order valence-corrected chi connectivity index (χ2v) is 7.73. The van der Waals surface area contributed by atoms with Gasteiger partial charge in [-0.25, -0.2) is 14.4 Å². The molecule has 3 rings (SSSR count). The minimum Gasteiger partial charge on any atom is -0.493 e. The van der Waals surface area contributed by atoms with Crippen molar-refractivity contribution in [2.24, 2.45) is 0 Å². The van der Waals surface area contributed by atoms with Crippen molar-refractivity contribution in [2.75, 3.05) is 58.7 Å². The summed E-state index contributed by atoms with van der Waals surface area (Å²) in [4.78, 5) is 19.0. The molecule has 0 bridgehead atoms. The number of carboxylic acid groups (broad SMARTS) is 1. The quantitative estimate of drug-likeness (QED) is 0.266. The van der Waals surface area contributed by atoms with Crippen molar-refractivity contribution in [1.29, 1.82) is 0 Å². The van der Waals surface area contributed by atoms with Crippen molar-refractivity contribution in [2.45, 2.75) is 6.42 Å². The molecule has 0 radical (unpaired) electrons. The Hall–Kier alpha value is -3.25. The minimum absolute atomic E-state index is 0.00137. The molecule has 10 nitrogen and oxygen atoms in total. The average molecular weight is 524 g/mol. The fourth-order valence-corrected chi connectivity index (χ4v) is 3.24. The van der Waals surface area contributed by atoms with Gasteiger partial charge in [-0.3, -0.25) is 4.79 Å². The number of ether oxygens (including phenoxy) is 5. The van der Waals surface area contributed by atoms with Crippen molar-refractivity contribution in [1.82, 2.24) is 9.97 Å². The number of benzene rings is 2. The molecule has 2 aromatic carbocycles. The highest BCUT2D eigenvalue weighted by atomic mass is 35.5. The van der Waals surface area contributed by atoms with Crippen molar-refractivity contribution >= 4 is 40.0 Å². The topological polar surface area (TPSA) is 121 Å². The van der Waals surface area contributed by atoms with Gasteiger partial charge in [0.1, 0.15) is 24.6 Å². The van der Waals surface area contributed by atoms with Crippen LogP contribution < -0.4 is 14.8 Å². The van der Waals surface area contributed by atoms with Crippen LogP contribution in [0.3, 0.4) is 0 Å². The highest BCUT2D eigenvalue weighted by Gasteiger charge is 2.12. The van der Waals surface area contributed by atoms with E-state index in [4.69, 9.17) is 40.4 Å². The first kappa shape index (κ1) is 27.3. The summed E-state index contributed by atoms with van der Waals surface area (Å²) in [7, 11) is 1.54. The number of fused-ring (bicyclic) bond motifs is 1. The van der Waals surface area contributed by atoms with Crippen LogP contribution in [0.4, 0.5) is 15.9 Å². The first-order chi connectivity index (χ1) is 17.5. The van der Waals surface area contributed by atoms with E-state index in [1.54, 1.807) is 18.2 Å². The van der Waals surface area contributed by atoms with Gasteiger partial charge < -0.3 is 34.1 Å². The van der Waals surface area contributed by atoms with Gasteiger partial charge in [0, 0.05) is 17.1 Å². The summed E-state index contributed by atoms with van der Waals surface area (Å²) in [6, 6.07) is 7.80. The molecule has 0 amide bonds. The van der Waals surface area contributed by atoms with Crippen LogP contribution in [0.5, 0.6) is 11.5 Å². The predicted octanol–water partition coefficient (Wildman–Crippen LogP) is 4.08. The lowest BCUT2D eigenvalue weighted by molar-refractivity contribution is -0.138. The number of carboxylic acids is 1. The van der Waals surface area contributed by atoms with E-state index < -0.39 is 11.8 Å². The van der Waals surface area contributed by atoms with E-state index in [0.29, 0.717) is 66.9 Å². The van der Waals surface area contributed by atoms with E-state index in [1.807, 2.05) is 0 Å². The predicted molar refractivity (Wildman–Crippen MR) is 131 cm³/mol. The second-order valence-electron chi connectivity index (χ2n) is 7.33. The maximum Gasteiger partial charge on any atom is 0.305 e. The Bertz CT molecular complexity index is 1150. The van der Waals surface area contributed by atoms with Crippen LogP contribution >= 0.6 is 11.6 Å². The fraction of sp³-hybridized carbons (Fsp3) is 0.375. The van der Waals surface area contributed by atoms with E-state index in [1.165, 1.54) is 25.6 Å². The standard InChI is InChI=1S/C24H27ClFN3O7/c1-32-21-14-20-17(24(28-15-27-20)29-16-2-3-19(26)18(25)12-16)13-22(21)36-11-10-35-9-8-34-7-6-33-5-4-23(30)31/h2-3,12-15H,4-11H2,1H3,(H,30,31)(H,27,28,29). The lowest BCUT2D eigenvalue weighted by Gasteiger charge is -2.14. The summed E-state index contributed by atoms with van der Waals surface area (Å²) in [5.74, 6) is 0.0803. The summed E-state index contributed by atoms with van der Waals surface area (Å²) in [5, 5.41) is 12.3. The maximum absolute atomic E-state index is 13.5. The van der Waals surface area contributed by atoms with Gasteiger partial charge in [-0.05, 0) is 24.3 Å². The molecule has 0 saturated carbocycles. The molecule has 0 atom stereocenters. The Morgan fingerprint density at radius 3 is 2.33 bits per heavy atom. The normalized spacial score (nSPS) is 11.0. The average Bonchev–Trinajstić information content (AvgIpc) is 2.86. The van der Waals surface area contributed by atoms with Crippen LogP contribution in [0.2, 0.25) is 5.02 Å². The molecule has 0 aliphatic carbocycles. The zero-order valence-corrected chi connectivity index (χ0v) is 20.4. The monoisotopic (exact) mass is 523 g/mol. The van der Waals surface area contributed by atoms with E-state index >= 15 is 0 Å². The third-order valence-electron chi connectivity index (χ3n) is 4.79. The Labute approximate surface area is 212 Å². The Balaban J connectivity index is 1.48. The minimum atomic E-state index is -0.895. The van der Waals surface area contributed by atoms with Gasteiger partial charge >= 0.3 is 5.97 Å². The molecule has 0 unspecified atom stereocenters. The molecule has 12 heteroatoms. The lowest BCUT2D eigenvalue weighted by Crippen LogP contribution is -2.13. The molecule has 1 aromatic heterocycles. The van der Waals surface area contributed by atoms with Gasteiger partial charge in [0.25, 0.3) is 0 Å². The number of hydrogen-bond donors (Lipinski definition) is 2. The largest absolute Gasteiger partial charge is 0.493 e. The molecule has 3 aromatic rings. The van der Waals surface area contributed by atoms with Crippen LogP contribution in [0, 0.1) is 5.82 Å². The molecule has 1 heterocycles. The number of hydrogen-bond acceptors (Lipinski definition) is 9. The van der Waals surface area contributed by atoms with Crippen LogP contribution in [-0.2, 0) is 19.0 Å². The Morgan fingerprint density at radius 1 is 0.972 bits per heavy atom. The van der Waals surface area contributed by atoms with Crippen LogP contribution in [-0.4, -0.2) is 74.4 Å². The summed E-state index contributed by atoms with van der Waals surface area (Å²) in [5.41, 5.74) is 1.20. The van der Waals surface area contributed by atoms with Gasteiger partial charge in [0.15, 0.2) is 11.5 Å². The first-order valence-corrected chi connectivity index (χ1v) is 11.5. The molecular formula is C24H27ClFN3O7. The number of aromatic nitrogens is 2. The van der Waals surface area contributed by atoms with E-state index in [9.17, 15) is 9.18 Å². The van der Waals surface area contributed by atoms with Gasteiger partial charge in [-0.2, -0.15) is 0 Å². The number of nitrogens with zero attached hydrogens (tertiary/aromatic N) is 2. The van der Waals surface area contributed by atoms with Crippen molar-refractivity contribution < 1.29 is 38.0 Å². The van der Waals surface area contributed by atoms with Crippen molar-refractivity contribution in [3.05, 3.63) is 47.5 Å². The summed E-state index contributed by atoms with van der Waals surface area (Å²) in [6.07, 6.45) is 1.38.